The van der Waals surface area contributed by atoms with Crippen molar-refractivity contribution in [2.75, 3.05) is 26.2 Å². The Morgan fingerprint density at radius 3 is 2.41 bits per heavy atom. The first-order valence-electron chi connectivity index (χ1n) is 10.3. The van der Waals surface area contributed by atoms with Gasteiger partial charge in [-0.15, -0.1) is 24.0 Å². The maximum atomic E-state index is 5.46. The fourth-order valence-corrected chi connectivity index (χ4v) is 3.68. The summed E-state index contributed by atoms with van der Waals surface area (Å²) < 4.78 is 5.46. The molecule has 0 aliphatic carbocycles. The molecule has 0 amide bonds. The number of aliphatic imine (C=N–C) groups is 1. The number of hydrogen-bond donors (Lipinski definition) is 2. The SMILES string of the molecule is CCNC(=NCc1c(CC)noc1CC)NCC(C(C)C)N1CCCC1.I. The van der Waals surface area contributed by atoms with E-state index in [4.69, 9.17) is 9.52 Å². The Morgan fingerprint density at radius 2 is 1.85 bits per heavy atom. The lowest BCUT2D eigenvalue weighted by atomic mass is 10.0. The fourth-order valence-electron chi connectivity index (χ4n) is 3.68. The van der Waals surface area contributed by atoms with E-state index in [0.717, 1.165) is 48.9 Å². The fraction of sp³-hybridized carbons (Fsp3) is 0.800. The number of aromatic nitrogens is 1. The van der Waals surface area contributed by atoms with E-state index in [1.165, 1.54) is 25.9 Å². The zero-order chi connectivity index (χ0) is 18.9. The van der Waals surface area contributed by atoms with Gasteiger partial charge in [0.15, 0.2) is 5.96 Å². The number of aryl methyl sites for hydroxylation is 2. The van der Waals surface area contributed by atoms with E-state index in [2.05, 4.69) is 55.3 Å². The number of rotatable bonds is 9. The van der Waals surface area contributed by atoms with Crippen molar-refractivity contribution in [1.82, 2.24) is 20.7 Å². The van der Waals surface area contributed by atoms with E-state index < -0.39 is 0 Å². The number of nitrogens with zero attached hydrogens (tertiary/aromatic N) is 3. The molecule has 1 saturated heterocycles. The molecule has 0 radical (unpaired) electrons. The largest absolute Gasteiger partial charge is 0.361 e. The zero-order valence-corrected chi connectivity index (χ0v) is 20.0. The van der Waals surface area contributed by atoms with Gasteiger partial charge in [-0.25, -0.2) is 4.99 Å². The zero-order valence-electron chi connectivity index (χ0n) is 17.7. The van der Waals surface area contributed by atoms with Gasteiger partial charge in [-0.2, -0.15) is 0 Å². The summed E-state index contributed by atoms with van der Waals surface area (Å²) in [5.41, 5.74) is 2.17. The van der Waals surface area contributed by atoms with Crippen LogP contribution in [0.3, 0.4) is 0 Å². The number of hydrogen-bond acceptors (Lipinski definition) is 4. The molecule has 1 aliphatic rings. The molecular weight excluding hydrogens is 453 g/mol. The van der Waals surface area contributed by atoms with Crippen LogP contribution in [0.4, 0.5) is 0 Å². The van der Waals surface area contributed by atoms with Gasteiger partial charge in [-0.1, -0.05) is 32.9 Å². The molecule has 1 fully saturated rings. The van der Waals surface area contributed by atoms with Gasteiger partial charge in [0.25, 0.3) is 0 Å². The third kappa shape index (κ3) is 6.93. The number of halogens is 1. The maximum absolute atomic E-state index is 5.46. The highest BCUT2D eigenvalue weighted by atomic mass is 127. The second-order valence-electron chi connectivity index (χ2n) is 7.37. The molecule has 7 heteroatoms. The van der Waals surface area contributed by atoms with Crippen molar-refractivity contribution in [2.24, 2.45) is 10.9 Å². The van der Waals surface area contributed by atoms with Gasteiger partial charge in [0.1, 0.15) is 5.76 Å². The highest BCUT2D eigenvalue weighted by Gasteiger charge is 2.24. The molecule has 0 aromatic carbocycles. The number of nitrogens with one attached hydrogen (secondary N) is 2. The monoisotopic (exact) mass is 491 g/mol. The first-order valence-corrected chi connectivity index (χ1v) is 10.3. The summed E-state index contributed by atoms with van der Waals surface area (Å²) >= 11 is 0. The molecule has 0 bridgehead atoms. The van der Waals surface area contributed by atoms with Crippen molar-refractivity contribution < 1.29 is 4.52 Å². The number of likely N-dealkylation sites (tertiary alicyclic amines) is 1. The van der Waals surface area contributed by atoms with Gasteiger partial charge in [0.05, 0.1) is 12.2 Å². The van der Waals surface area contributed by atoms with E-state index in [1.807, 2.05) is 0 Å². The molecule has 2 heterocycles. The third-order valence-electron chi connectivity index (χ3n) is 5.20. The van der Waals surface area contributed by atoms with Gasteiger partial charge in [-0.3, -0.25) is 4.90 Å². The molecule has 6 nitrogen and oxygen atoms in total. The topological polar surface area (TPSA) is 65.7 Å². The van der Waals surface area contributed by atoms with E-state index in [0.29, 0.717) is 18.5 Å². The standard InChI is InChI=1S/C20H37N5O.HI/c1-6-17-16(19(7-2)26-24-17)13-22-20(21-8-3)23-14-18(15(4)5)25-11-9-10-12-25;/h15,18H,6-14H2,1-5H3,(H2,21,22,23);1H. The van der Waals surface area contributed by atoms with Crippen LogP contribution in [0.1, 0.15) is 64.5 Å². The van der Waals surface area contributed by atoms with Crippen LogP contribution in [-0.2, 0) is 19.4 Å². The molecule has 1 unspecified atom stereocenters. The van der Waals surface area contributed by atoms with Gasteiger partial charge in [-0.05, 0) is 45.2 Å². The second-order valence-corrected chi connectivity index (χ2v) is 7.37. The Bertz CT molecular complexity index is 545. The van der Waals surface area contributed by atoms with Crippen molar-refractivity contribution in [3.8, 4) is 0 Å². The smallest absolute Gasteiger partial charge is 0.191 e. The quantitative estimate of drug-likeness (QED) is 0.314. The van der Waals surface area contributed by atoms with Crippen LogP contribution in [-0.4, -0.2) is 48.2 Å². The first-order chi connectivity index (χ1) is 12.6. The summed E-state index contributed by atoms with van der Waals surface area (Å²) in [6.07, 6.45) is 4.38. The van der Waals surface area contributed by atoms with Crippen molar-refractivity contribution in [1.29, 1.82) is 0 Å². The normalized spacial score (nSPS) is 16.4. The van der Waals surface area contributed by atoms with Gasteiger partial charge < -0.3 is 15.2 Å². The molecule has 2 rings (SSSR count). The minimum absolute atomic E-state index is 0. The van der Waals surface area contributed by atoms with E-state index in [1.54, 1.807) is 0 Å². The first kappa shape index (κ1) is 24.2. The summed E-state index contributed by atoms with van der Waals surface area (Å²) in [4.78, 5) is 7.42. The number of guanidine groups is 1. The molecule has 2 N–H and O–H groups in total. The summed E-state index contributed by atoms with van der Waals surface area (Å²) in [6.45, 7) is 15.8. The summed E-state index contributed by atoms with van der Waals surface area (Å²) in [7, 11) is 0. The molecule has 156 valence electrons. The highest BCUT2D eigenvalue weighted by molar-refractivity contribution is 14.0. The molecule has 0 saturated carbocycles. The third-order valence-corrected chi connectivity index (χ3v) is 5.20. The molecule has 1 aliphatic heterocycles. The molecule has 27 heavy (non-hydrogen) atoms. The molecule has 1 atom stereocenters. The average molecular weight is 491 g/mol. The van der Waals surface area contributed by atoms with Crippen molar-refractivity contribution in [2.45, 2.75) is 72.9 Å². The van der Waals surface area contributed by atoms with E-state index >= 15 is 0 Å². The average Bonchev–Trinajstić information content (AvgIpc) is 3.28. The van der Waals surface area contributed by atoms with Crippen LogP contribution >= 0.6 is 24.0 Å². The maximum Gasteiger partial charge on any atom is 0.191 e. The Hall–Kier alpha value is -0.830. The minimum Gasteiger partial charge on any atom is -0.361 e. The Kier molecular flexibility index (Phi) is 11.3. The Labute approximate surface area is 181 Å². The lowest BCUT2D eigenvalue weighted by molar-refractivity contribution is 0.192. The predicted octanol–water partition coefficient (Wildman–Crippen LogP) is 3.59. The lowest BCUT2D eigenvalue weighted by Crippen LogP contribution is -2.48. The van der Waals surface area contributed by atoms with Crippen LogP contribution in [0.15, 0.2) is 9.52 Å². The van der Waals surface area contributed by atoms with Crippen molar-refractivity contribution in [3.63, 3.8) is 0 Å². The van der Waals surface area contributed by atoms with Crippen LogP contribution in [0.5, 0.6) is 0 Å². The van der Waals surface area contributed by atoms with Gasteiger partial charge in [0.2, 0.25) is 0 Å². The molecule has 1 aromatic rings. The molecule has 1 aromatic heterocycles. The Morgan fingerprint density at radius 1 is 1.15 bits per heavy atom. The van der Waals surface area contributed by atoms with Crippen molar-refractivity contribution >= 4 is 29.9 Å². The lowest BCUT2D eigenvalue weighted by Gasteiger charge is -2.31. The van der Waals surface area contributed by atoms with E-state index in [9.17, 15) is 0 Å². The predicted molar refractivity (Wildman–Crippen MR) is 123 cm³/mol. The second kappa shape index (κ2) is 12.6. The van der Waals surface area contributed by atoms with Crippen LogP contribution < -0.4 is 10.6 Å². The van der Waals surface area contributed by atoms with Gasteiger partial charge >= 0.3 is 0 Å². The van der Waals surface area contributed by atoms with E-state index in [-0.39, 0.29) is 24.0 Å². The summed E-state index contributed by atoms with van der Waals surface area (Å²) in [6, 6.07) is 0.550. The molecular formula is C20H38IN5O. The van der Waals surface area contributed by atoms with Crippen LogP contribution in [0.25, 0.3) is 0 Å². The molecule has 0 spiro atoms. The van der Waals surface area contributed by atoms with Crippen LogP contribution in [0, 0.1) is 5.92 Å². The minimum atomic E-state index is 0. The van der Waals surface area contributed by atoms with Crippen LogP contribution in [0.2, 0.25) is 0 Å². The van der Waals surface area contributed by atoms with Crippen molar-refractivity contribution in [3.05, 3.63) is 17.0 Å². The Balaban J connectivity index is 0.00000364. The van der Waals surface area contributed by atoms with Gasteiger partial charge in [0, 0.05) is 31.1 Å². The summed E-state index contributed by atoms with van der Waals surface area (Å²) in [5.74, 6) is 2.46. The highest BCUT2D eigenvalue weighted by Crippen LogP contribution is 2.18. The summed E-state index contributed by atoms with van der Waals surface area (Å²) in [5, 5.41) is 11.1.